The zero-order valence-electron chi connectivity index (χ0n) is 21.1. The molecular weight excluding hydrogens is 490 g/mol. The first-order valence-corrected chi connectivity index (χ1v) is 13.7. The van der Waals surface area contributed by atoms with Gasteiger partial charge in [-0.25, -0.2) is 4.79 Å². The van der Waals surface area contributed by atoms with Gasteiger partial charge in [-0.3, -0.25) is 4.79 Å². The van der Waals surface area contributed by atoms with Gasteiger partial charge in [-0.05, 0) is 80.8 Å². The van der Waals surface area contributed by atoms with Crippen LogP contribution in [0.1, 0.15) is 66.8 Å². The zero-order valence-corrected chi connectivity index (χ0v) is 21.9. The number of hydrogen-bond acceptors (Lipinski definition) is 5. The Balaban J connectivity index is 1.27. The van der Waals surface area contributed by atoms with Crippen molar-refractivity contribution in [3.05, 3.63) is 74.1 Å². The summed E-state index contributed by atoms with van der Waals surface area (Å²) in [6.45, 7) is 2.21. The predicted octanol–water partition coefficient (Wildman–Crippen LogP) is 5.52. The van der Waals surface area contributed by atoms with Crippen molar-refractivity contribution >= 4 is 28.5 Å². The minimum absolute atomic E-state index is 0.0288. The van der Waals surface area contributed by atoms with Crippen molar-refractivity contribution in [3.8, 4) is 5.75 Å². The molecule has 0 bridgehead atoms. The van der Waals surface area contributed by atoms with Crippen molar-refractivity contribution in [1.82, 2.24) is 4.90 Å². The molecule has 1 aromatic heterocycles. The second-order valence-corrected chi connectivity index (χ2v) is 11.3. The van der Waals surface area contributed by atoms with Crippen molar-refractivity contribution in [1.29, 1.82) is 0 Å². The normalized spacial score (nSPS) is 25.1. The topological polar surface area (TPSA) is 80.0 Å². The molecule has 0 radical (unpaired) electrons. The van der Waals surface area contributed by atoms with E-state index >= 15 is 0 Å². The number of fused-ring (bicyclic) bond motifs is 4. The SMILES string of the molecule is Cc1c(OCC(=O)N2CC[C@@]3(O)CCCC[C@H]3[C@@H]2c2ccc(Cl)cc2)ccc2c3c(c(=O)oc12)CCC3. The van der Waals surface area contributed by atoms with E-state index in [1.54, 1.807) is 0 Å². The number of likely N-dealkylation sites (tertiary alicyclic amines) is 1. The number of amides is 1. The van der Waals surface area contributed by atoms with Gasteiger partial charge in [0.25, 0.3) is 5.91 Å². The van der Waals surface area contributed by atoms with E-state index in [4.69, 9.17) is 20.8 Å². The molecule has 37 heavy (non-hydrogen) atoms. The number of aliphatic hydroxyl groups is 1. The summed E-state index contributed by atoms with van der Waals surface area (Å²) < 4.78 is 11.7. The molecule has 2 aromatic carbocycles. The lowest BCUT2D eigenvalue weighted by Gasteiger charge is -2.52. The Bertz CT molecular complexity index is 1410. The van der Waals surface area contributed by atoms with Crippen LogP contribution in [-0.2, 0) is 17.6 Å². The molecule has 1 amide bonds. The molecule has 0 unspecified atom stereocenters. The van der Waals surface area contributed by atoms with Crippen LogP contribution in [0.25, 0.3) is 11.0 Å². The molecule has 1 saturated heterocycles. The molecule has 6 nitrogen and oxygen atoms in total. The van der Waals surface area contributed by atoms with Gasteiger partial charge in [0.05, 0.1) is 11.6 Å². The number of aryl methyl sites for hydroxylation is 2. The minimum atomic E-state index is -0.757. The maximum absolute atomic E-state index is 13.6. The van der Waals surface area contributed by atoms with Crippen LogP contribution >= 0.6 is 11.6 Å². The van der Waals surface area contributed by atoms with Gasteiger partial charge >= 0.3 is 5.63 Å². The Labute approximate surface area is 221 Å². The zero-order chi connectivity index (χ0) is 25.7. The summed E-state index contributed by atoms with van der Waals surface area (Å²) in [5, 5.41) is 13.1. The highest BCUT2D eigenvalue weighted by Crippen LogP contribution is 2.49. The maximum Gasteiger partial charge on any atom is 0.339 e. The Morgan fingerprint density at radius 3 is 2.70 bits per heavy atom. The number of carbonyl (C=O) groups excluding carboxylic acids is 1. The molecule has 3 aliphatic rings. The van der Waals surface area contributed by atoms with Gasteiger partial charge in [-0.15, -0.1) is 0 Å². The van der Waals surface area contributed by atoms with Crippen LogP contribution in [-0.4, -0.2) is 34.7 Å². The molecule has 194 valence electrons. The molecule has 3 aromatic rings. The van der Waals surface area contributed by atoms with E-state index in [-0.39, 0.29) is 30.1 Å². The van der Waals surface area contributed by atoms with Gasteiger partial charge in [0.1, 0.15) is 11.3 Å². The van der Waals surface area contributed by atoms with Crippen LogP contribution in [0.4, 0.5) is 0 Å². The van der Waals surface area contributed by atoms with Gasteiger partial charge < -0.3 is 19.2 Å². The Morgan fingerprint density at radius 1 is 1.11 bits per heavy atom. The van der Waals surface area contributed by atoms with E-state index in [2.05, 4.69) is 0 Å². The number of rotatable bonds is 4. The highest BCUT2D eigenvalue weighted by atomic mass is 35.5. The number of halogens is 1. The van der Waals surface area contributed by atoms with E-state index in [0.717, 1.165) is 72.6 Å². The average molecular weight is 522 g/mol. The van der Waals surface area contributed by atoms with E-state index in [1.807, 2.05) is 48.2 Å². The average Bonchev–Trinajstić information content (AvgIpc) is 3.39. The first kappa shape index (κ1) is 24.5. The largest absolute Gasteiger partial charge is 0.483 e. The Kier molecular flexibility index (Phi) is 6.28. The van der Waals surface area contributed by atoms with E-state index < -0.39 is 5.60 Å². The predicted molar refractivity (Wildman–Crippen MR) is 142 cm³/mol. The summed E-state index contributed by atoms with van der Waals surface area (Å²) in [5.74, 6) is 0.387. The van der Waals surface area contributed by atoms with Gasteiger partial charge in [0.2, 0.25) is 0 Å². The lowest BCUT2D eigenvalue weighted by Crippen LogP contribution is -2.56. The quantitative estimate of drug-likeness (QED) is 0.457. The molecular formula is C30H32ClNO5. The van der Waals surface area contributed by atoms with Crippen molar-refractivity contribution < 1.29 is 19.1 Å². The van der Waals surface area contributed by atoms with Gasteiger partial charge in [-0.1, -0.05) is 36.6 Å². The Morgan fingerprint density at radius 2 is 1.89 bits per heavy atom. The second-order valence-electron chi connectivity index (χ2n) is 10.8. The fourth-order valence-electron chi connectivity index (χ4n) is 6.88. The number of hydrogen-bond donors (Lipinski definition) is 1. The molecule has 2 heterocycles. The van der Waals surface area contributed by atoms with Crippen LogP contribution in [0.3, 0.4) is 0 Å². The van der Waals surface area contributed by atoms with Crippen molar-refractivity contribution in [2.45, 2.75) is 69.9 Å². The molecule has 2 aliphatic carbocycles. The molecule has 7 heteroatoms. The molecule has 3 atom stereocenters. The van der Waals surface area contributed by atoms with Crippen LogP contribution in [0.5, 0.6) is 5.75 Å². The smallest absolute Gasteiger partial charge is 0.339 e. The maximum atomic E-state index is 13.6. The van der Waals surface area contributed by atoms with E-state index in [9.17, 15) is 14.7 Å². The summed E-state index contributed by atoms with van der Waals surface area (Å²) in [4.78, 5) is 28.0. The van der Waals surface area contributed by atoms with Crippen molar-refractivity contribution in [2.75, 3.05) is 13.2 Å². The molecule has 1 saturated carbocycles. The van der Waals surface area contributed by atoms with Crippen LogP contribution in [0, 0.1) is 12.8 Å². The van der Waals surface area contributed by atoms with Crippen LogP contribution in [0.15, 0.2) is 45.6 Å². The molecule has 0 spiro atoms. The van der Waals surface area contributed by atoms with Gasteiger partial charge in [0, 0.05) is 34.0 Å². The number of benzene rings is 2. The molecule has 6 rings (SSSR count). The second kappa shape index (κ2) is 9.48. The van der Waals surface area contributed by atoms with Crippen LogP contribution in [0.2, 0.25) is 5.02 Å². The highest BCUT2D eigenvalue weighted by molar-refractivity contribution is 6.30. The van der Waals surface area contributed by atoms with Gasteiger partial charge in [0.15, 0.2) is 6.61 Å². The Hall–Kier alpha value is -2.83. The van der Waals surface area contributed by atoms with Gasteiger partial charge in [-0.2, -0.15) is 0 Å². The number of ether oxygens (including phenoxy) is 1. The van der Waals surface area contributed by atoms with E-state index in [1.165, 1.54) is 0 Å². The summed E-state index contributed by atoms with van der Waals surface area (Å²) in [6, 6.07) is 11.2. The summed E-state index contributed by atoms with van der Waals surface area (Å²) in [6.07, 6.45) is 6.88. The highest BCUT2D eigenvalue weighted by Gasteiger charge is 2.50. The summed E-state index contributed by atoms with van der Waals surface area (Å²) >= 11 is 6.15. The third kappa shape index (κ3) is 4.24. The lowest BCUT2D eigenvalue weighted by molar-refractivity contribution is -0.157. The number of carbonyl (C=O) groups is 1. The third-order valence-electron chi connectivity index (χ3n) is 8.79. The number of nitrogens with zero attached hydrogens (tertiary/aromatic N) is 1. The molecule has 1 aliphatic heterocycles. The first-order chi connectivity index (χ1) is 17.9. The fourth-order valence-corrected chi connectivity index (χ4v) is 7.00. The third-order valence-corrected chi connectivity index (χ3v) is 9.04. The molecule has 2 fully saturated rings. The first-order valence-electron chi connectivity index (χ1n) is 13.3. The molecule has 1 N–H and O–H groups in total. The van der Waals surface area contributed by atoms with Crippen LogP contribution < -0.4 is 10.4 Å². The number of piperidine rings is 1. The van der Waals surface area contributed by atoms with E-state index in [0.29, 0.717) is 29.3 Å². The summed E-state index contributed by atoms with van der Waals surface area (Å²) in [7, 11) is 0. The van der Waals surface area contributed by atoms with Crippen molar-refractivity contribution in [2.24, 2.45) is 5.92 Å². The minimum Gasteiger partial charge on any atom is -0.483 e. The monoisotopic (exact) mass is 521 g/mol. The lowest BCUT2D eigenvalue weighted by atomic mass is 9.66. The summed E-state index contributed by atoms with van der Waals surface area (Å²) in [5.41, 5.74) is 3.10. The van der Waals surface area contributed by atoms with Crippen molar-refractivity contribution in [3.63, 3.8) is 0 Å². The fraction of sp³-hybridized carbons (Fsp3) is 0.467. The standard InChI is InChI=1S/C30H32ClNO5/c1-18-25(13-12-22-21-5-4-6-23(21)29(34)37-28(18)22)36-17-26(33)32-16-15-30(35)14-3-2-7-24(30)27(32)19-8-10-20(31)11-9-19/h8-13,24,27,35H,2-7,14-17H2,1H3/t24-,27-,30-/m0/s1.